The molecule has 1 aliphatic rings. The second-order valence-corrected chi connectivity index (χ2v) is 8.79. The van der Waals surface area contributed by atoms with E-state index >= 15 is 0 Å². The summed E-state index contributed by atoms with van der Waals surface area (Å²) in [5, 5.41) is 12.3. The van der Waals surface area contributed by atoms with Gasteiger partial charge in [-0.25, -0.2) is 9.37 Å². The van der Waals surface area contributed by atoms with Gasteiger partial charge in [-0.2, -0.15) is 0 Å². The number of carbonyl (C=O) groups excluding carboxylic acids is 1. The Balaban J connectivity index is 1.53. The summed E-state index contributed by atoms with van der Waals surface area (Å²) in [7, 11) is 1.65. The van der Waals surface area contributed by atoms with Crippen LogP contribution in [0.3, 0.4) is 0 Å². The maximum atomic E-state index is 14.5. The van der Waals surface area contributed by atoms with Crippen LogP contribution < -0.4 is 15.0 Å². The maximum Gasteiger partial charge on any atom is 0.320 e. The quantitative estimate of drug-likeness (QED) is 0.461. The van der Waals surface area contributed by atoms with E-state index in [-0.39, 0.29) is 24.4 Å². The molecule has 3 heterocycles. The molecule has 0 fully saturated rings. The number of carbonyl (C=O) groups is 2. The number of anilines is 3. The first-order valence-corrected chi connectivity index (χ1v) is 11.7. The first-order valence-electron chi connectivity index (χ1n) is 11.3. The third-order valence-electron chi connectivity index (χ3n) is 5.95. The van der Waals surface area contributed by atoms with Crippen LogP contribution in [0.25, 0.3) is 11.3 Å². The van der Waals surface area contributed by atoms with Crippen LogP contribution in [0.2, 0.25) is 5.02 Å². The fourth-order valence-electron chi connectivity index (χ4n) is 3.75. The molecule has 0 radical (unpaired) electrons. The second-order valence-electron chi connectivity index (χ2n) is 8.35. The first kappa shape index (κ1) is 25.3. The molecular weight excluding hydrogens is 489 g/mol. The molecule has 2 aromatic heterocycles. The molecule has 1 atom stereocenters. The highest BCUT2D eigenvalue weighted by molar-refractivity contribution is 6.30. The van der Waals surface area contributed by atoms with Crippen molar-refractivity contribution in [3.63, 3.8) is 0 Å². The van der Waals surface area contributed by atoms with Gasteiger partial charge in [0.1, 0.15) is 24.3 Å². The zero-order valence-corrected chi connectivity index (χ0v) is 20.5. The number of hydrogen-bond donors (Lipinski definition) is 2. The largest absolute Gasteiger partial charge is 0.488 e. The van der Waals surface area contributed by atoms with Crippen molar-refractivity contribution in [2.45, 2.75) is 19.4 Å². The number of ether oxygens (including phenoxy) is 1. The summed E-state index contributed by atoms with van der Waals surface area (Å²) < 4.78 is 20.2. The highest BCUT2D eigenvalue weighted by atomic mass is 35.5. The molecule has 1 amide bonds. The van der Waals surface area contributed by atoms with E-state index in [2.05, 4.69) is 15.3 Å². The van der Waals surface area contributed by atoms with E-state index in [1.807, 2.05) is 4.90 Å². The summed E-state index contributed by atoms with van der Waals surface area (Å²) in [6.07, 6.45) is 3.24. The third kappa shape index (κ3) is 5.72. The number of benzene rings is 1. The zero-order valence-electron chi connectivity index (χ0n) is 19.7. The number of pyridine rings is 2. The highest BCUT2D eigenvalue weighted by Gasteiger charge is 2.23. The molecule has 3 aromatic rings. The SMILES string of the molecule is CC(C(=O)O)N(C)CCC(=O)Nc1cc(N2CCOc3cnc(-c4cc(Cl)ccc4F)cc32)ccn1. The third-order valence-corrected chi connectivity index (χ3v) is 6.18. The Morgan fingerprint density at radius 3 is 2.86 bits per heavy atom. The molecule has 0 bridgehead atoms. The van der Waals surface area contributed by atoms with Crippen molar-refractivity contribution >= 4 is 40.7 Å². The topological polar surface area (TPSA) is 108 Å². The number of rotatable bonds is 8. The van der Waals surface area contributed by atoms with Crippen molar-refractivity contribution in [2.24, 2.45) is 0 Å². The molecule has 9 nitrogen and oxygen atoms in total. The molecule has 1 unspecified atom stereocenters. The van der Waals surface area contributed by atoms with E-state index in [0.29, 0.717) is 41.1 Å². The van der Waals surface area contributed by atoms with Crippen LogP contribution in [0.15, 0.2) is 48.8 Å². The summed E-state index contributed by atoms with van der Waals surface area (Å²) in [6, 6.07) is 8.87. The van der Waals surface area contributed by atoms with Gasteiger partial charge in [0.15, 0.2) is 5.75 Å². The number of hydrogen-bond acceptors (Lipinski definition) is 7. The van der Waals surface area contributed by atoms with Crippen LogP contribution in [0.1, 0.15) is 13.3 Å². The van der Waals surface area contributed by atoms with Crippen LogP contribution in [0.5, 0.6) is 5.75 Å². The fraction of sp³-hybridized carbons (Fsp3) is 0.280. The fourth-order valence-corrected chi connectivity index (χ4v) is 3.92. The predicted octanol–water partition coefficient (Wildman–Crippen LogP) is 4.20. The number of fused-ring (bicyclic) bond motifs is 1. The summed E-state index contributed by atoms with van der Waals surface area (Å²) >= 11 is 6.06. The number of halogens is 2. The average molecular weight is 514 g/mol. The van der Waals surface area contributed by atoms with Crippen LogP contribution in [0.4, 0.5) is 21.6 Å². The van der Waals surface area contributed by atoms with Gasteiger partial charge in [0.2, 0.25) is 5.91 Å². The predicted molar refractivity (Wildman–Crippen MR) is 134 cm³/mol. The van der Waals surface area contributed by atoms with Crippen LogP contribution in [-0.2, 0) is 9.59 Å². The Kier molecular flexibility index (Phi) is 7.66. The van der Waals surface area contributed by atoms with E-state index in [4.69, 9.17) is 21.4 Å². The van der Waals surface area contributed by atoms with Crippen LogP contribution in [-0.4, -0.2) is 64.6 Å². The summed E-state index contributed by atoms with van der Waals surface area (Å²) in [4.78, 5) is 35.7. The van der Waals surface area contributed by atoms with Gasteiger partial charge in [-0.05, 0) is 44.3 Å². The number of aromatic nitrogens is 2. The van der Waals surface area contributed by atoms with Crippen molar-refractivity contribution in [3.05, 3.63) is 59.6 Å². The Bertz CT molecular complexity index is 1290. The molecule has 0 saturated carbocycles. The van der Waals surface area contributed by atoms with Gasteiger partial charge >= 0.3 is 5.97 Å². The smallest absolute Gasteiger partial charge is 0.320 e. The number of nitrogens with zero attached hydrogens (tertiary/aromatic N) is 4. The van der Waals surface area contributed by atoms with Crippen molar-refractivity contribution < 1.29 is 23.8 Å². The lowest BCUT2D eigenvalue weighted by Gasteiger charge is -2.31. The first-order chi connectivity index (χ1) is 17.2. The Labute approximate surface area is 212 Å². The minimum atomic E-state index is -0.950. The lowest BCUT2D eigenvalue weighted by molar-refractivity contribution is -0.142. The zero-order chi connectivity index (χ0) is 25.8. The molecule has 1 aliphatic heterocycles. The molecule has 11 heteroatoms. The van der Waals surface area contributed by atoms with E-state index < -0.39 is 17.8 Å². The number of amides is 1. The molecule has 36 heavy (non-hydrogen) atoms. The molecular formula is C25H25ClFN5O4. The van der Waals surface area contributed by atoms with E-state index in [9.17, 15) is 14.0 Å². The lowest BCUT2D eigenvalue weighted by Crippen LogP contribution is -2.37. The molecule has 1 aromatic carbocycles. The van der Waals surface area contributed by atoms with Gasteiger partial charge in [-0.1, -0.05) is 11.6 Å². The molecule has 0 spiro atoms. The summed E-state index contributed by atoms with van der Waals surface area (Å²) in [5.74, 6) is -0.767. The number of aliphatic carboxylic acids is 1. The molecule has 0 aliphatic carbocycles. The Hall–Kier alpha value is -3.76. The number of likely N-dealkylation sites (N-methyl/N-ethyl adjacent to an activating group) is 1. The van der Waals surface area contributed by atoms with Gasteiger partial charge in [-0.3, -0.25) is 19.5 Å². The van der Waals surface area contributed by atoms with Gasteiger partial charge in [0.25, 0.3) is 0 Å². The van der Waals surface area contributed by atoms with Crippen molar-refractivity contribution in [2.75, 3.05) is 37.0 Å². The van der Waals surface area contributed by atoms with Gasteiger partial charge in [-0.15, -0.1) is 0 Å². The summed E-state index contributed by atoms with van der Waals surface area (Å²) in [6.45, 7) is 2.78. The number of carboxylic acids is 1. The highest BCUT2D eigenvalue weighted by Crippen LogP contribution is 2.39. The molecule has 4 rings (SSSR count). The Morgan fingerprint density at radius 2 is 2.08 bits per heavy atom. The maximum absolute atomic E-state index is 14.5. The van der Waals surface area contributed by atoms with Crippen LogP contribution in [0, 0.1) is 5.82 Å². The molecule has 2 N–H and O–H groups in total. The molecule has 188 valence electrons. The minimum absolute atomic E-state index is 0.112. The van der Waals surface area contributed by atoms with Gasteiger partial charge in [0.05, 0.1) is 24.1 Å². The van der Waals surface area contributed by atoms with Crippen molar-refractivity contribution in [3.8, 4) is 17.0 Å². The van der Waals surface area contributed by atoms with Gasteiger partial charge in [0, 0.05) is 41.5 Å². The standard InChI is InChI=1S/C25H25ClFN5O4/c1-15(25(34)35)31(2)8-6-24(33)30-23-12-17(5-7-28-23)32-9-10-36-22-14-29-20(13-21(22)32)18-11-16(26)3-4-19(18)27/h3-5,7,11-15H,6,8-10H2,1-2H3,(H,34,35)(H,28,30,33). The average Bonchev–Trinajstić information content (AvgIpc) is 2.87. The van der Waals surface area contributed by atoms with E-state index in [1.54, 1.807) is 49.5 Å². The van der Waals surface area contributed by atoms with Crippen molar-refractivity contribution in [1.82, 2.24) is 14.9 Å². The van der Waals surface area contributed by atoms with Crippen LogP contribution >= 0.6 is 11.6 Å². The summed E-state index contributed by atoms with van der Waals surface area (Å²) in [5.41, 5.74) is 2.13. The Morgan fingerprint density at radius 1 is 1.28 bits per heavy atom. The number of carboxylic acid groups (broad SMARTS) is 1. The second kappa shape index (κ2) is 10.9. The number of nitrogens with one attached hydrogen (secondary N) is 1. The van der Waals surface area contributed by atoms with E-state index in [1.165, 1.54) is 18.2 Å². The van der Waals surface area contributed by atoms with E-state index in [0.717, 1.165) is 5.69 Å². The van der Waals surface area contributed by atoms with Gasteiger partial charge < -0.3 is 20.1 Å². The normalized spacial score (nSPS) is 13.6. The lowest BCUT2D eigenvalue weighted by atomic mass is 10.1. The van der Waals surface area contributed by atoms with Crippen molar-refractivity contribution in [1.29, 1.82) is 0 Å². The molecule has 0 saturated heterocycles. The minimum Gasteiger partial charge on any atom is -0.488 e. The monoisotopic (exact) mass is 513 g/mol.